The van der Waals surface area contributed by atoms with Crippen LogP contribution in [0.1, 0.15) is 32.1 Å². The molecule has 4 nitrogen and oxygen atoms in total. The highest BCUT2D eigenvalue weighted by Gasteiger charge is 2.34. The van der Waals surface area contributed by atoms with Crippen LogP contribution in [0, 0.1) is 11.8 Å². The molecule has 2 heterocycles. The van der Waals surface area contributed by atoms with Crippen LogP contribution in [0.4, 0.5) is 0 Å². The highest BCUT2D eigenvalue weighted by Crippen LogP contribution is 2.30. The van der Waals surface area contributed by atoms with E-state index in [4.69, 9.17) is 9.47 Å². The molecule has 0 aromatic rings. The van der Waals surface area contributed by atoms with Crippen LogP contribution in [-0.2, 0) is 9.47 Å². The maximum atomic E-state index is 5.63. The van der Waals surface area contributed by atoms with Gasteiger partial charge in [0.15, 0.2) is 0 Å². The first-order valence-corrected chi connectivity index (χ1v) is 8.06. The minimum Gasteiger partial charge on any atom is -0.381 e. The first-order chi connectivity index (χ1) is 9.43. The molecule has 0 radical (unpaired) electrons. The summed E-state index contributed by atoms with van der Waals surface area (Å²) in [7, 11) is 0. The zero-order valence-corrected chi connectivity index (χ0v) is 13.1. The molecule has 0 bridgehead atoms. The molecule has 3 rings (SSSR count). The molecular weight excluding hydrogens is 276 g/mol. The second-order valence-electron chi connectivity index (χ2n) is 6.30. The van der Waals surface area contributed by atoms with Gasteiger partial charge in [-0.2, -0.15) is 0 Å². The van der Waals surface area contributed by atoms with Gasteiger partial charge in [0.2, 0.25) is 0 Å². The van der Waals surface area contributed by atoms with Crippen molar-refractivity contribution in [2.45, 2.75) is 44.2 Å². The van der Waals surface area contributed by atoms with E-state index < -0.39 is 0 Å². The first kappa shape index (κ1) is 16.5. The Bertz CT molecular complexity index is 269. The number of nitrogens with one attached hydrogen (secondary N) is 2. The molecule has 3 fully saturated rings. The van der Waals surface area contributed by atoms with Gasteiger partial charge >= 0.3 is 0 Å². The highest BCUT2D eigenvalue weighted by molar-refractivity contribution is 5.85. The smallest absolute Gasteiger partial charge is 0.0623 e. The second-order valence-corrected chi connectivity index (χ2v) is 6.30. The number of hydrogen-bond donors (Lipinski definition) is 2. The molecule has 1 aliphatic carbocycles. The summed E-state index contributed by atoms with van der Waals surface area (Å²) in [5, 5.41) is 7.49. The van der Waals surface area contributed by atoms with Crippen molar-refractivity contribution < 1.29 is 9.47 Å². The summed E-state index contributed by atoms with van der Waals surface area (Å²) in [6.07, 6.45) is 6.52. The molecule has 20 heavy (non-hydrogen) atoms. The van der Waals surface area contributed by atoms with Crippen LogP contribution < -0.4 is 10.6 Å². The van der Waals surface area contributed by atoms with Crippen LogP contribution in [0.5, 0.6) is 0 Å². The average molecular weight is 305 g/mol. The zero-order valence-electron chi connectivity index (χ0n) is 12.3. The lowest BCUT2D eigenvalue weighted by molar-refractivity contribution is 0.0490. The molecule has 0 amide bonds. The van der Waals surface area contributed by atoms with Gasteiger partial charge in [-0.05, 0) is 44.1 Å². The Morgan fingerprint density at radius 2 is 1.85 bits per heavy atom. The van der Waals surface area contributed by atoms with Gasteiger partial charge in [0, 0.05) is 31.8 Å². The van der Waals surface area contributed by atoms with Crippen LogP contribution in [0.25, 0.3) is 0 Å². The number of hydrogen-bond acceptors (Lipinski definition) is 4. The topological polar surface area (TPSA) is 42.5 Å². The van der Waals surface area contributed by atoms with Crippen molar-refractivity contribution in [2.24, 2.45) is 11.8 Å². The monoisotopic (exact) mass is 304 g/mol. The van der Waals surface area contributed by atoms with Crippen molar-refractivity contribution in [2.75, 3.05) is 39.5 Å². The normalized spacial score (nSPS) is 35.7. The van der Waals surface area contributed by atoms with Crippen molar-refractivity contribution in [3.05, 3.63) is 0 Å². The van der Waals surface area contributed by atoms with E-state index >= 15 is 0 Å². The highest BCUT2D eigenvalue weighted by atomic mass is 35.5. The summed E-state index contributed by atoms with van der Waals surface area (Å²) >= 11 is 0. The third kappa shape index (κ3) is 4.31. The molecule has 118 valence electrons. The van der Waals surface area contributed by atoms with Gasteiger partial charge < -0.3 is 20.1 Å². The molecule has 3 unspecified atom stereocenters. The molecule has 1 saturated carbocycles. The molecule has 0 aromatic carbocycles. The van der Waals surface area contributed by atoms with E-state index in [0.29, 0.717) is 12.1 Å². The van der Waals surface area contributed by atoms with E-state index in [-0.39, 0.29) is 12.4 Å². The lowest BCUT2D eigenvalue weighted by Gasteiger charge is -2.34. The largest absolute Gasteiger partial charge is 0.381 e. The minimum absolute atomic E-state index is 0. The summed E-state index contributed by atoms with van der Waals surface area (Å²) in [6, 6.07) is 1.27. The average Bonchev–Trinajstić information content (AvgIpc) is 2.95. The molecule has 0 spiro atoms. The van der Waals surface area contributed by atoms with Gasteiger partial charge in [-0.1, -0.05) is 6.42 Å². The van der Waals surface area contributed by atoms with Gasteiger partial charge in [-0.15, -0.1) is 12.4 Å². The van der Waals surface area contributed by atoms with Gasteiger partial charge in [0.25, 0.3) is 0 Å². The quantitative estimate of drug-likeness (QED) is 0.827. The van der Waals surface area contributed by atoms with E-state index in [1.165, 1.54) is 38.6 Å². The maximum Gasteiger partial charge on any atom is 0.0623 e. The number of rotatable bonds is 4. The van der Waals surface area contributed by atoms with Crippen molar-refractivity contribution in [1.82, 2.24) is 10.6 Å². The first-order valence-electron chi connectivity index (χ1n) is 8.06. The van der Waals surface area contributed by atoms with E-state index in [1.54, 1.807) is 0 Å². The van der Waals surface area contributed by atoms with Crippen molar-refractivity contribution in [1.29, 1.82) is 0 Å². The van der Waals surface area contributed by atoms with Gasteiger partial charge in [0.1, 0.15) is 0 Å². The zero-order chi connectivity index (χ0) is 12.9. The maximum absolute atomic E-state index is 5.63. The summed E-state index contributed by atoms with van der Waals surface area (Å²) in [4.78, 5) is 0. The number of halogens is 1. The van der Waals surface area contributed by atoms with E-state index in [0.717, 1.165) is 44.8 Å². The Kier molecular flexibility index (Phi) is 7.05. The van der Waals surface area contributed by atoms with Crippen LogP contribution in [-0.4, -0.2) is 51.6 Å². The summed E-state index contributed by atoms with van der Waals surface area (Å²) < 4.78 is 11.1. The summed E-state index contributed by atoms with van der Waals surface area (Å²) in [5.41, 5.74) is 0. The summed E-state index contributed by atoms with van der Waals surface area (Å²) in [6.45, 7) is 5.90. The molecule has 3 atom stereocenters. The van der Waals surface area contributed by atoms with Crippen LogP contribution >= 0.6 is 12.4 Å². The predicted molar refractivity (Wildman–Crippen MR) is 82.5 cm³/mol. The third-order valence-electron chi connectivity index (χ3n) is 5.05. The lowest BCUT2D eigenvalue weighted by Crippen LogP contribution is -2.51. The fourth-order valence-corrected chi connectivity index (χ4v) is 3.85. The third-order valence-corrected chi connectivity index (χ3v) is 5.05. The Balaban J connectivity index is 0.00000147. The molecule has 2 saturated heterocycles. The molecular formula is C15H29ClN2O2. The van der Waals surface area contributed by atoms with E-state index in [2.05, 4.69) is 10.6 Å². The lowest BCUT2D eigenvalue weighted by atomic mass is 9.93. The minimum atomic E-state index is 0. The predicted octanol–water partition coefficient (Wildman–Crippen LogP) is 1.58. The van der Waals surface area contributed by atoms with E-state index in [9.17, 15) is 0 Å². The Hall–Kier alpha value is 0.130. The molecule has 3 aliphatic rings. The standard InChI is InChI=1S/C15H28N2O2.ClH/c1-2-13(15-11-19-9-6-16-15)14(3-1)17-10-12-4-7-18-8-5-12;/h12-17H,1-11H2;1H. The number of ether oxygens (including phenoxy) is 2. The van der Waals surface area contributed by atoms with Gasteiger partial charge in [-0.25, -0.2) is 0 Å². The molecule has 5 heteroatoms. The SMILES string of the molecule is C1CC(NCC2CCOCC2)C(C2COCCN2)C1.Cl. The molecule has 2 aliphatic heterocycles. The van der Waals surface area contributed by atoms with Crippen LogP contribution in [0.2, 0.25) is 0 Å². The fourth-order valence-electron chi connectivity index (χ4n) is 3.85. The fraction of sp³-hybridized carbons (Fsp3) is 1.00. The Morgan fingerprint density at radius 1 is 1.00 bits per heavy atom. The Morgan fingerprint density at radius 3 is 2.60 bits per heavy atom. The molecule has 0 aromatic heterocycles. The molecule has 2 N–H and O–H groups in total. The second kappa shape index (κ2) is 8.54. The van der Waals surface area contributed by atoms with Crippen molar-refractivity contribution in [3.8, 4) is 0 Å². The number of morpholine rings is 1. The van der Waals surface area contributed by atoms with Crippen LogP contribution in [0.15, 0.2) is 0 Å². The van der Waals surface area contributed by atoms with Gasteiger partial charge in [0.05, 0.1) is 13.2 Å². The van der Waals surface area contributed by atoms with Crippen LogP contribution in [0.3, 0.4) is 0 Å². The Labute approximate surface area is 128 Å². The van der Waals surface area contributed by atoms with Crippen molar-refractivity contribution >= 4 is 12.4 Å². The van der Waals surface area contributed by atoms with E-state index in [1.807, 2.05) is 0 Å². The van der Waals surface area contributed by atoms with Gasteiger partial charge in [-0.3, -0.25) is 0 Å². The summed E-state index contributed by atoms with van der Waals surface area (Å²) in [5.74, 6) is 1.59. The van der Waals surface area contributed by atoms with Crippen molar-refractivity contribution in [3.63, 3.8) is 0 Å².